The maximum absolute atomic E-state index is 15.7. The van der Waals surface area contributed by atoms with Crippen molar-refractivity contribution in [3.8, 4) is 44.8 Å². The van der Waals surface area contributed by atoms with E-state index < -0.39 is 59.1 Å². The number of piperazine rings is 2. The number of carboxylic acid groups (broad SMARTS) is 1. The summed E-state index contributed by atoms with van der Waals surface area (Å²) in [6, 6.07) is 66.6. The van der Waals surface area contributed by atoms with Crippen molar-refractivity contribution in [2.24, 2.45) is 0 Å². The Kier molecular flexibility index (Phi) is 32.4. The molecule has 0 amide bonds. The summed E-state index contributed by atoms with van der Waals surface area (Å²) in [6.45, 7) is 25.1. The molecule has 16 rings (SSSR count). The van der Waals surface area contributed by atoms with Gasteiger partial charge in [-0.05, 0) is 321 Å². The molecule has 4 aliphatic heterocycles. The molecular weight excluding hydrogens is 1840 g/mol. The molecule has 0 bridgehead atoms. The SMILES string of the molecule is Cc1cc(S(=O)(=O)Nc2ccc(N3CCN(c4cc(F)cc(-c5c(C(=O)O)c(C)n(C(C)C)c5-c5ccc(F)cc5)c4)CC3)cc2)ccc1N[C@H](CCN1CCC(O)CC1)CSc1ccccc1.Cc1cc(S(=O)(=O)Nc2ccc(N3CCN(c4cc(F)cc(-c5c(S(C)(=O)=O)c(C)n(C(C)C)c5-c5ccc(F)cc5)c4)CC3)cc2)ccc1N[C@H](CCN1CCC(O)CC1)CSc1ccccc1. The molecule has 4 saturated heterocycles. The molecule has 0 unspecified atom stereocenters. The van der Waals surface area contributed by atoms with Crippen LogP contribution in [0.3, 0.4) is 0 Å². The van der Waals surface area contributed by atoms with Gasteiger partial charge in [0.25, 0.3) is 20.0 Å². The summed E-state index contributed by atoms with van der Waals surface area (Å²) in [5.41, 5.74) is 12.5. The van der Waals surface area contributed by atoms with Gasteiger partial charge < -0.3 is 64.5 Å². The Labute approximate surface area is 811 Å². The number of carbonyl (C=O) groups is 1. The summed E-state index contributed by atoms with van der Waals surface area (Å²) in [7, 11) is -11.6. The number of rotatable bonds is 34. The van der Waals surface area contributed by atoms with E-state index in [-0.39, 0.29) is 56.6 Å². The van der Waals surface area contributed by atoms with Crippen LogP contribution in [0.5, 0.6) is 0 Å². The number of aromatic nitrogens is 2. The number of nitrogens with one attached hydrogen (secondary N) is 4. The van der Waals surface area contributed by atoms with Gasteiger partial charge in [-0.1, -0.05) is 36.4 Å². The van der Waals surface area contributed by atoms with E-state index in [1.54, 1.807) is 110 Å². The van der Waals surface area contributed by atoms with E-state index >= 15 is 8.78 Å². The van der Waals surface area contributed by atoms with Gasteiger partial charge in [-0.25, -0.2) is 47.6 Å². The Bertz CT molecular complexity index is 6550. The first kappa shape index (κ1) is 100. The highest BCUT2D eigenvalue weighted by Gasteiger charge is 2.35. The van der Waals surface area contributed by atoms with E-state index in [9.17, 15) is 54.1 Å². The summed E-state index contributed by atoms with van der Waals surface area (Å²) in [5, 5.41) is 37.9. The normalized spacial score (nSPS) is 15.6. The fourth-order valence-corrected chi connectivity index (χ4v) is 24.5. The maximum atomic E-state index is 15.7. The Morgan fingerprint density at radius 1 is 0.409 bits per heavy atom. The molecule has 0 radical (unpaired) electrons. The van der Waals surface area contributed by atoms with Crippen LogP contribution in [0.2, 0.25) is 0 Å². The highest BCUT2D eigenvalue weighted by molar-refractivity contribution is 7.99. The molecule has 137 heavy (non-hydrogen) atoms. The molecule has 724 valence electrons. The number of aromatic carboxylic acids is 1. The van der Waals surface area contributed by atoms with Crippen LogP contribution < -0.4 is 39.7 Å². The number of anilines is 8. The summed E-state index contributed by atoms with van der Waals surface area (Å²) < 4.78 is 151. The summed E-state index contributed by atoms with van der Waals surface area (Å²) in [5.74, 6) is -1.28. The number of likely N-dealkylation sites (tertiary alicyclic amines) is 2. The Morgan fingerprint density at radius 2 is 0.766 bits per heavy atom. The minimum Gasteiger partial charge on any atom is -0.478 e. The smallest absolute Gasteiger partial charge is 0.338 e. The number of thioether (sulfide) groups is 2. The molecule has 2 aromatic heterocycles. The zero-order valence-corrected chi connectivity index (χ0v) is 82.9. The number of halogens is 4. The first-order chi connectivity index (χ1) is 65.6. The van der Waals surface area contributed by atoms with E-state index in [1.807, 2.05) is 136 Å². The van der Waals surface area contributed by atoms with Crippen LogP contribution in [0.15, 0.2) is 255 Å². The number of aryl methyl sites for hydroxylation is 2. The Morgan fingerprint density at radius 3 is 1.12 bits per heavy atom. The van der Waals surface area contributed by atoms with E-state index in [0.29, 0.717) is 131 Å². The van der Waals surface area contributed by atoms with Gasteiger partial charge in [0.2, 0.25) is 0 Å². The van der Waals surface area contributed by atoms with Crippen LogP contribution in [0.1, 0.15) is 111 Å². The molecule has 7 N–H and O–H groups in total. The van der Waals surface area contributed by atoms with Crippen LogP contribution in [-0.4, -0.2) is 199 Å². The van der Waals surface area contributed by atoms with E-state index in [0.717, 1.165) is 129 Å². The monoisotopic (exact) mass is 1960 g/mol. The van der Waals surface area contributed by atoms with Gasteiger partial charge in [0, 0.05) is 211 Å². The lowest BCUT2D eigenvalue weighted by Gasteiger charge is -2.37. The molecular formula is C106H122F4N12O10S5. The number of sulfonamides is 2. The van der Waals surface area contributed by atoms with E-state index in [1.165, 1.54) is 58.3 Å². The third kappa shape index (κ3) is 24.9. The Hall–Kier alpha value is -11.3. The fraction of sp³-hybridized carbons (Fsp3) is 0.349. The van der Waals surface area contributed by atoms with Crippen LogP contribution in [0.4, 0.5) is 63.1 Å². The summed E-state index contributed by atoms with van der Waals surface area (Å²) >= 11 is 3.59. The molecule has 4 fully saturated rings. The second-order valence-corrected chi connectivity index (χ2v) is 44.1. The predicted molar refractivity (Wildman–Crippen MR) is 548 cm³/mol. The quantitative estimate of drug-likeness (QED) is 0.0146. The van der Waals surface area contributed by atoms with Crippen LogP contribution in [-0.2, 0) is 29.9 Å². The lowest BCUT2D eigenvalue weighted by molar-refractivity contribution is 0.0696. The second kappa shape index (κ2) is 44.3. The lowest BCUT2D eigenvalue weighted by atomic mass is 9.96. The number of nitrogens with zero attached hydrogens (tertiary/aromatic N) is 8. The molecule has 31 heteroatoms. The van der Waals surface area contributed by atoms with Gasteiger partial charge in [0.15, 0.2) is 9.84 Å². The molecule has 2 atom stereocenters. The van der Waals surface area contributed by atoms with Crippen LogP contribution in [0, 0.1) is 51.0 Å². The number of sulfone groups is 1. The lowest BCUT2D eigenvalue weighted by Crippen LogP contribution is -2.46. The number of aliphatic hydroxyl groups excluding tert-OH is 2. The maximum Gasteiger partial charge on any atom is 0.338 e. The van der Waals surface area contributed by atoms with E-state index in [2.05, 4.69) is 73.7 Å². The number of piperidine rings is 2. The van der Waals surface area contributed by atoms with Gasteiger partial charge in [-0.2, -0.15) is 0 Å². The topological polar surface area (TPSA) is 258 Å². The third-order valence-corrected chi connectivity index (χ3v) is 32.5. The predicted octanol–water partition coefficient (Wildman–Crippen LogP) is 20.8. The van der Waals surface area contributed by atoms with Crippen molar-refractivity contribution in [2.75, 3.05) is 149 Å². The average Bonchev–Trinajstić information content (AvgIpc) is 1.59. The van der Waals surface area contributed by atoms with Crippen molar-refractivity contribution < 1.29 is 62.9 Å². The first-order valence-corrected chi connectivity index (χ1v) is 53.6. The van der Waals surface area contributed by atoms with Crippen molar-refractivity contribution in [1.29, 1.82) is 0 Å². The third-order valence-electron chi connectivity index (χ3n) is 26.1. The molecule has 4 aliphatic rings. The fourth-order valence-electron chi connectivity index (χ4n) is 19.0. The van der Waals surface area contributed by atoms with Gasteiger partial charge in [-0.15, -0.1) is 23.5 Å². The van der Waals surface area contributed by atoms with Crippen LogP contribution in [0.25, 0.3) is 44.8 Å². The minimum absolute atomic E-state index is 0.0756. The molecule has 0 aliphatic carbocycles. The first-order valence-electron chi connectivity index (χ1n) is 46.8. The average molecular weight is 1960 g/mol. The molecule has 0 spiro atoms. The number of benzene rings is 10. The molecule has 12 aromatic rings. The highest BCUT2D eigenvalue weighted by atomic mass is 32.2. The van der Waals surface area contributed by atoms with Crippen molar-refractivity contribution in [3.05, 3.63) is 282 Å². The zero-order valence-electron chi connectivity index (χ0n) is 78.8. The van der Waals surface area contributed by atoms with Crippen molar-refractivity contribution >= 4 is 105 Å². The zero-order chi connectivity index (χ0) is 97.1. The standard InChI is InChI=1S/C53H62F2N6O5S3.C53H60F2N6O5S2/c1-36(2)61-38(4)53(68(5,63)64)51(52(61)39-11-13-41(54)14-12-39)40-32-42(55)34-46(33-40)60-29-27-59(28-30-60)45-17-15-43(16-18-45)57-69(65,66)49-19-20-50(37(3)31-49)56-44(35-67-48-9-7-6-8-10-48)21-24-58-25-22-47(62)23-26-58;1-35(2)61-37(4)50(53(63)64)51(52(61)38-10-12-40(54)13-11-38)39-31-41(55)33-45(32-39)60-28-26-59(27-29-60)44-16-14-42(15-17-44)57-68(65,66)48-18-19-49(36(3)30-48)56-43(34-67-47-8-6-5-7-9-47)20-23-58-24-21-46(62)22-25-58/h6-20,31-34,36,44,47,56-57,62H,21-30,35H2,1-5H3;5-19,30-33,35,43,46,56-57,62H,20-29,34H2,1-4H3,(H,63,64)/t44-;43-/m11/s1. The molecule has 22 nitrogen and oxygen atoms in total. The van der Waals surface area contributed by atoms with Gasteiger partial charge in [0.05, 0.1) is 43.8 Å². The minimum atomic E-state index is -3.91. The van der Waals surface area contributed by atoms with Gasteiger partial charge in [0.1, 0.15) is 23.3 Å². The Balaban J connectivity index is 0.000000208. The summed E-state index contributed by atoms with van der Waals surface area (Å²) in [6.07, 6.45) is 5.72. The number of aliphatic hydroxyl groups is 2. The largest absolute Gasteiger partial charge is 0.478 e. The van der Waals surface area contributed by atoms with E-state index in [4.69, 9.17) is 0 Å². The van der Waals surface area contributed by atoms with Crippen molar-refractivity contribution in [2.45, 2.75) is 155 Å². The number of hydrogen-bond acceptors (Lipinski definition) is 19. The molecule has 0 saturated carbocycles. The van der Waals surface area contributed by atoms with Crippen molar-refractivity contribution in [3.63, 3.8) is 0 Å². The molecule has 10 aromatic carbocycles. The molecule has 6 heterocycles. The van der Waals surface area contributed by atoms with Gasteiger partial charge in [-0.3, -0.25) is 9.44 Å². The summed E-state index contributed by atoms with van der Waals surface area (Å²) in [4.78, 5) is 29.0. The van der Waals surface area contributed by atoms with Crippen LogP contribution >= 0.6 is 23.5 Å². The number of hydrogen-bond donors (Lipinski definition) is 7. The highest BCUT2D eigenvalue weighted by Crippen LogP contribution is 2.47. The van der Waals surface area contributed by atoms with Crippen molar-refractivity contribution in [1.82, 2.24) is 18.9 Å². The number of carboxylic acids is 1. The van der Waals surface area contributed by atoms with Gasteiger partial charge >= 0.3 is 5.97 Å². The second-order valence-electron chi connectivity index (χ2n) is 36.6.